The van der Waals surface area contributed by atoms with E-state index in [0.717, 1.165) is 31.0 Å². The van der Waals surface area contributed by atoms with E-state index < -0.39 is 9.84 Å². The van der Waals surface area contributed by atoms with Crippen molar-refractivity contribution in [2.45, 2.75) is 26.7 Å². The van der Waals surface area contributed by atoms with Crippen molar-refractivity contribution in [3.63, 3.8) is 0 Å². The Balaban J connectivity index is 2.17. The lowest BCUT2D eigenvalue weighted by Crippen LogP contribution is -2.28. The summed E-state index contributed by atoms with van der Waals surface area (Å²) in [5.74, 6) is 1.91. The van der Waals surface area contributed by atoms with Crippen LogP contribution in [-0.2, 0) is 9.84 Å². The standard InChI is InChI=1S/C13H22N4O2S/c1-3-5-14-13-15-11(2)10-12(16-13)17-6-4-8-20(18,19)9-7-17/h10H,3-9H2,1-2H3,(H,14,15,16). The smallest absolute Gasteiger partial charge is 0.224 e. The number of aromatic nitrogens is 2. The summed E-state index contributed by atoms with van der Waals surface area (Å²) in [5.41, 5.74) is 0.890. The lowest BCUT2D eigenvalue weighted by molar-refractivity contribution is 0.597. The molecule has 1 saturated heterocycles. The number of nitrogens with one attached hydrogen (secondary N) is 1. The molecule has 0 bridgehead atoms. The van der Waals surface area contributed by atoms with E-state index in [4.69, 9.17) is 0 Å². The van der Waals surface area contributed by atoms with Crippen molar-refractivity contribution in [3.05, 3.63) is 11.8 Å². The zero-order valence-electron chi connectivity index (χ0n) is 12.1. The number of aryl methyl sites for hydroxylation is 1. The van der Waals surface area contributed by atoms with Crippen LogP contribution in [-0.4, -0.2) is 49.5 Å². The van der Waals surface area contributed by atoms with Crippen LogP contribution in [0.5, 0.6) is 0 Å². The second kappa shape index (κ2) is 6.39. The summed E-state index contributed by atoms with van der Waals surface area (Å²) in [6.45, 7) is 6.08. The van der Waals surface area contributed by atoms with E-state index in [1.807, 2.05) is 17.9 Å². The SMILES string of the molecule is CCCNc1nc(C)cc(N2CCCS(=O)(=O)CC2)n1. The molecule has 7 heteroatoms. The fourth-order valence-corrected chi connectivity index (χ4v) is 3.47. The number of hydrogen-bond acceptors (Lipinski definition) is 6. The zero-order valence-corrected chi connectivity index (χ0v) is 12.9. The van der Waals surface area contributed by atoms with Gasteiger partial charge in [-0.05, 0) is 19.8 Å². The molecule has 0 saturated carbocycles. The Kier molecular flexibility index (Phi) is 4.80. The quantitative estimate of drug-likeness (QED) is 0.901. The maximum absolute atomic E-state index is 11.7. The summed E-state index contributed by atoms with van der Waals surface area (Å²) in [4.78, 5) is 10.9. The first kappa shape index (κ1) is 15.0. The maximum Gasteiger partial charge on any atom is 0.224 e. The van der Waals surface area contributed by atoms with Crippen LogP contribution in [0.25, 0.3) is 0 Å². The topological polar surface area (TPSA) is 75.2 Å². The molecule has 0 spiro atoms. The summed E-state index contributed by atoms with van der Waals surface area (Å²) < 4.78 is 23.3. The van der Waals surface area contributed by atoms with E-state index in [2.05, 4.69) is 22.2 Å². The van der Waals surface area contributed by atoms with Crippen molar-refractivity contribution in [2.75, 3.05) is 41.4 Å². The molecule has 0 unspecified atom stereocenters. The van der Waals surface area contributed by atoms with Gasteiger partial charge in [-0.1, -0.05) is 6.92 Å². The molecule has 1 aliphatic heterocycles. The highest BCUT2D eigenvalue weighted by molar-refractivity contribution is 7.91. The van der Waals surface area contributed by atoms with Crippen molar-refractivity contribution in [2.24, 2.45) is 0 Å². The van der Waals surface area contributed by atoms with Gasteiger partial charge >= 0.3 is 0 Å². The van der Waals surface area contributed by atoms with Gasteiger partial charge in [0.2, 0.25) is 5.95 Å². The minimum atomic E-state index is -2.90. The molecule has 1 N–H and O–H groups in total. The van der Waals surface area contributed by atoms with E-state index in [1.54, 1.807) is 0 Å². The van der Waals surface area contributed by atoms with Gasteiger partial charge in [0.1, 0.15) is 5.82 Å². The van der Waals surface area contributed by atoms with Gasteiger partial charge in [-0.2, -0.15) is 4.98 Å². The number of rotatable bonds is 4. The average molecular weight is 298 g/mol. The first-order valence-electron chi connectivity index (χ1n) is 7.05. The van der Waals surface area contributed by atoms with Crippen LogP contribution < -0.4 is 10.2 Å². The normalized spacial score (nSPS) is 18.6. The van der Waals surface area contributed by atoms with Crippen molar-refractivity contribution in [1.82, 2.24) is 9.97 Å². The van der Waals surface area contributed by atoms with Gasteiger partial charge in [0.25, 0.3) is 0 Å². The summed E-state index contributed by atoms with van der Waals surface area (Å²) in [6.07, 6.45) is 1.66. The predicted octanol–water partition coefficient (Wildman–Crippen LogP) is 1.23. The Morgan fingerprint density at radius 3 is 2.85 bits per heavy atom. The van der Waals surface area contributed by atoms with Gasteiger partial charge in [-0.25, -0.2) is 13.4 Å². The summed E-state index contributed by atoms with van der Waals surface area (Å²) >= 11 is 0. The Morgan fingerprint density at radius 1 is 1.30 bits per heavy atom. The molecule has 0 aromatic carbocycles. The summed E-state index contributed by atoms with van der Waals surface area (Å²) in [6, 6.07) is 1.91. The first-order valence-corrected chi connectivity index (χ1v) is 8.87. The largest absolute Gasteiger partial charge is 0.355 e. The molecule has 6 nitrogen and oxygen atoms in total. The zero-order chi connectivity index (χ0) is 14.6. The van der Waals surface area contributed by atoms with Gasteiger partial charge in [0.05, 0.1) is 11.5 Å². The molecule has 20 heavy (non-hydrogen) atoms. The third kappa shape index (κ3) is 4.06. The fourth-order valence-electron chi connectivity index (χ4n) is 2.20. The van der Waals surface area contributed by atoms with Gasteiger partial charge in [0.15, 0.2) is 9.84 Å². The van der Waals surface area contributed by atoms with Crippen LogP contribution in [0.3, 0.4) is 0 Å². The summed E-state index contributed by atoms with van der Waals surface area (Å²) in [7, 11) is -2.90. The molecule has 1 fully saturated rings. The predicted molar refractivity (Wildman–Crippen MR) is 81.0 cm³/mol. The van der Waals surface area contributed by atoms with E-state index >= 15 is 0 Å². The molecule has 112 valence electrons. The van der Waals surface area contributed by atoms with E-state index in [0.29, 0.717) is 18.9 Å². The second-order valence-electron chi connectivity index (χ2n) is 5.11. The number of hydrogen-bond donors (Lipinski definition) is 1. The number of sulfone groups is 1. The average Bonchev–Trinajstić information content (AvgIpc) is 2.57. The van der Waals surface area contributed by atoms with Gasteiger partial charge in [-0.15, -0.1) is 0 Å². The lowest BCUT2D eigenvalue weighted by atomic mass is 10.3. The minimum Gasteiger partial charge on any atom is -0.355 e. The monoisotopic (exact) mass is 298 g/mol. The third-order valence-corrected chi connectivity index (χ3v) is 4.97. The maximum atomic E-state index is 11.7. The van der Waals surface area contributed by atoms with E-state index in [-0.39, 0.29) is 11.5 Å². The molecule has 2 rings (SSSR count). The van der Waals surface area contributed by atoms with Crippen LogP contribution in [0, 0.1) is 6.92 Å². The first-order chi connectivity index (χ1) is 9.50. The van der Waals surface area contributed by atoms with Gasteiger partial charge in [0, 0.05) is 31.4 Å². The highest BCUT2D eigenvalue weighted by Crippen LogP contribution is 2.17. The Hall–Kier alpha value is -1.37. The Labute approximate surface area is 120 Å². The van der Waals surface area contributed by atoms with Crippen molar-refractivity contribution in [1.29, 1.82) is 0 Å². The summed E-state index contributed by atoms with van der Waals surface area (Å²) in [5, 5.41) is 3.18. The molecule has 1 aromatic rings. The van der Waals surface area contributed by atoms with Crippen LogP contribution in [0.1, 0.15) is 25.5 Å². The van der Waals surface area contributed by atoms with Gasteiger partial charge in [-0.3, -0.25) is 0 Å². The Bertz CT molecular complexity index is 559. The molecule has 1 aromatic heterocycles. The molecular formula is C13H22N4O2S. The van der Waals surface area contributed by atoms with Crippen molar-refractivity contribution < 1.29 is 8.42 Å². The van der Waals surface area contributed by atoms with Crippen molar-refractivity contribution in [3.8, 4) is 0 Å². The molecule has 2 heterocycles. The highest BCUT2D eigenvalue weighted by Gasteiger charge is 2.20. The molecular weight excluding hydrogens is 276 g/mol. The van der Waals surface area contributed by atoms with E-state index in [9.17, 15) is 8.42 Å². The number of nitrogens with zero attached hydrogens (tertiary/aromatic N) is 3. The third-order valence-electron chi connectivity index (χ3n) is 3.25. The lowest BCUT2D eigenvalue weighted by Gasteiger charge is -2.21. The highest BCUT2D eigenvalue weighted by atomic mass is 32.2. The van der Waals surface area contributed by atoms with E-state index in [1.165, 1.54) is 0 Å². The van der Waals surface area contributed by atoms with Crippen LogP contribution in [0.2, 0.25) is 0 Å². The van der Waals surface area contributed by atoms with Crippen molar-refractivity contribution >= 4 is 21.6 Å². The molecule has 0 amide bonds. The second-order valence-corrected chi connectivity index (χ2v) is 7.41. The molecule has 0 radical (unpaired) electrons. The number of anilines is 2. The minimum absolute atomic E-state index is 0.202. The molecule has 0 atom stereocenters. The Morgan fingerprint density at radius 2 is 2.10 bits per heavy atom. The van der Waals surface area contributed by atoms with Crippen LogP contribution in [0.15, 0.2) is 6.07 Å². The van der Waals surface area contributed by atoms with Crippen LogP contribution in [0.4, 0.5) is 11.8 Å². The molecule has 0 aliphatic carbocycles. The van der Waals surface area contributed by atoms with Crippen LogP contribution >= 0.6 is 0 Å². The molecule has 1 aliphatic rings. The van der Waals surface area contributed by atoms with Gasteiger partial charge < -0.3 is 10.2 Å². The fraction of sp³-hybridized carbons (Fsp3) is 0.692.